The van der Waals surface area contributed by atoms with E-state index >= 15 is 0 Å². The fourth-order valence-corrected chi connectivity index (χ4v) is 2.05. The molecule has 94 valence electrons. The van der Waals surface area contributed by atoms with Gasteiger partial charge in [-0.1, -0.05) is 0 Å². The van der Waals surface area contributed by atoms with Crippen LogP contribution in [0.3, 0.4) is 0 Å². The van der Waals surface area contributed by atoms with Crippen molar-refractivity contribution in [2.75, 3.05) is 6.61 Å². The molecule has 1 aromatic rings. The summed E-state index contributed by atoms with van der Waals surface area (Å²) in [6.07, 6.45) is -2.69. The second-order valence-corrected chi connectivity index (χ2v) is 4.43. The third kappa shape index (κ3) is 3.48. The highest BCUT2D eigenvalue weighted by Crippen LogP contribution is 2.25. The SMILES string of the molecule is CCOC(=O)c1cc(I)c(C(F)F)nc1CCl. The van der Waals surface area contributed by atoms with Crippen LogP contribution in [0, 0.1) is 3.57 Å². The number of hydrogen-bond donors (Lipinski definition) is 0. The zero-order valence-corrected chi connectivity index (χ0v) is 11.8. The highest BCUT2D eigenvalue weighted by molar-refractivity contribution is 14.1. The molecule has 7 heteroatoms. The molecule has 0 saturated heterocycles. The van der Waals surface area contributed by atoms with E-state index in [2.05, 4.69) is 4.98 Å². The van der Waals surface area contributed by atoms with E-state index in [1.54, 1.807) is 29.5 Å². The zero-order valence-electron chi connectivity index (χ0n) is 8.84. The standard InChI is InChI=1S/C10H9ClF2INO2/c1-2-17-10(16)5-3-6(14)8(9(12)13)15-7(5)4-11/h3,9H,2,4H2,1H3. The predicted octanol–water partition coefficient (Wildman–Crippen LogP) is 3.54. The average molecular weight is 376 g/mol. The zero-order chi connectivity index (χ0) is 13.0. The number of carbonyl (C=O) groups is 1. The molecule has 0 aliphatic heterocycles. The number of esters is 1. The van der Waals surface area contributed by atoms with Crippen LogP contribution in [-0.4, -0.2) is 17.6 Å². The van der Waals surface area contributed by atoms with Crippen molar-refractivity contribution in [2.24, 2.45) is 0 Å². The fraction of sp³-hybridized carbons (Fsp3) is 0.400. The van der Waals surface area contributed by atoms with Crippen molar-refractivity contribution < 1.29 is 18.3 Å². The lowest BCUT2D eigenvalue weighted by Gasteiger charge is -2.10. The van der Waals surface area contributed by atoms with Crippen molar-refractivity contribution in [3.63, 3.8) is 0 Å². The van der Waals surface area contributed by atoms with Crippen molar-refractivity contribution in [1.29, 1.82) is 0 Å². The van der Waals surface area contributed by atoms with E-state index in [1.165, 1.54) is 6.07 Å². The molecule has 1 heterocycles. The molecule has 0 unspecified atom stereocenters. The molecule has 17 heavy (non-hydrogen) atoms. The number of carbonyl (C=O) groups excluding carboxylic acids is 1. The molecule has 0 fully saturated rings. The van der Waals surface area contributed by atoms with Crippen LogP contribution in [0.25, 0.3) is 0 Å². The second-order valence-electron chi connectivity index (χ2n) is 3.00. The van der Waals surface area contributed by atoms with Gasteiger partial charge in [-0.25, -0.2) is 18.6 Å². The van der Waals surface area contributed by atoms with Gasteiger partial charge in [0.05, 0.1) is 23.7 Å². The van der Waals surface area contributed by atoms with E-state index in [4.69, 9.17) is 16.3 Å². The second kappa shape index (κ2) is 6.44. The molecule has 0 amide bonds. The third-order valence-corrected chi connectivity index (χ3v) is 3.03. The van der Waals surface area contributed by atoms with Crippen molar-refractivity contribution in [2.45, 2.75) is 19.2 Å². The van der Waals surface area contributed by atoms with Gasteiger partial charge in [-0.3, -0.25) is 0 Å². The number of ether oxygens (including phenoxy) is 1. The highest BCUT2D eigenvalue weighted by Gasteiger charge is 2.20. The third-order valence-electron chi connectivity index (χ3n) is 1.91. The summed E-state index contributed by atoms with van der Waals surface area (Å²) in [5.74, 6) is -0.723. The minimum atomic E-state index is -2.69. The minimum Gasteiger partial charge on any atom is -0.462 e. The molecule has 0 aliphatic rings. The van der Waals surface area contributed by atoms with E-state index in [0.29, 0.717) is 0 Å². The summed E-state index contributed by atoms with van der Waals surface area (Å²) in [6, 6.07) is 1.32. The van der Waals surface area contributed by atoms with Gasteiger partial charge in [0.25, 0.3) is 6.43 Å². The maximum atomic E-state index is 12.6. The maximum Gasteiger partial charge on any atom is 0.340 e. The van der Waals surface area contributed by atoms with Crippen LogP contribution in [0.4, 0.5) is 8.78 Å². The van der Waals surface area contributed by atoms with Gasteiger partial charge in [0.2, 0.25) is 0 Å². The van der Waals surface area contributed by atoms with E-state index in [0.717, 1.165) is 0 Å². The molecule has 1 aromatic heterocycles. The van der Waals surface area contributed by atoms with Gasteiger partial charge in [0, 0.05) is 3.57 Å². The topological polar surface area (TPSA) is 39.2 Å². The molecular formula is C10H9ClF2INO2. The number of aromatic nitrogens is 1. The summed E-state index contributed by atoms with van der Waals surface area (Å²) in [7, 11) is 0. The van der Waals surface area contributed by atoms with E-state index in [1.807, 2.05) is 0 Å². The molecule has 0 bridgehead atoms. The van der Waals surface area contributed by atoms with Gasteiger partial charge in [-0.15, -0.1) is 11.6 Å². The largest absolute Gasteiger partial charge is 0.462 e. The molecule has 0 spiro atoms. The number of hydrogen-bond acceptors (Lipinski definition) is 3. The smallest absolute Gasteiger partial charge is 0.340 e. The Kier molecular flexibility index (Phi) is 5.51. The highest BCUT2D eigenvalue weighted by atomic mass is 127. The van der Waals surface area contributed by atoms with Crippen molar-refractivity contribution in [1.82, 2.24) is 4.98 Å². The van der Waals surface area contributed by atoms with Crippen molar-refractivity contribution in [3.05, 3.63) is 26.6 Å². The Morgan fingerprint density at radius 1 is 1.65 bits per heavy atom. The summed E-state index contributed by atoms with van der Waals surface area (Å²) >= 11 is 7.29. The lowest BCUT2D eigenvalue weighted by molar-refractivity contribution is 0.0524. The molecule has 0 saturated carbocycles. The first-order valence-corrected chi connectivity index (χ1v) is 6.33. The molecule has 0 aliphatic carbocycles. The first-order chi connectivity index (χ1) is 8.01. The first-order valence-electron chi connectivity index (χ1n) is 4.71. The number of pyridine rings is 1. The van der Waals surface area contributed by atoms with Gasteiger partial charge in [-0.2, -0.15) is 0 Å². The van der Waals surface area contributed by atoms with E-state index < -0.39 is 12.4 Å². The maximum absolute atomic E-state index is 12.6. The van der Waals surface area contributed by atoms with Crippen LogP contribution in [0.15, 0.2) is 6.07 Å². The average Bonchev–Trinajstić information content (AvgIpc) is 2.28. The lowest BCUT2D eigenvalue weighted by atomic mass is 10.2. The van der Waals surface area contributed by atoms with Crippen LogP contribution in [-0.2, 0) is 10.6 Å². The molecule has 0 radical (unpaired) electrons. The Morgan fingerprint density at radius 2 is 2.29 bits per heavy atom. The van der Waals surface area contributed by atoms with Crippen LogP contribution in [0.2, 0.25) is 0 Å². The van der Waals surface area contributed by atoms with Crippen molar-refractivity contribution >= 4 is 40.2 Å². The summed E-state index contributed by atoms with van der Waals surface area (Å²) in [6.45, 7) is 1.86. The van der Waals surface area contributed by atoms with E-state index in [-0.39, 0.29) is 33.0 Å². The normalized spacial score (nSPS) is 10.7. The summed E-state index contributed by atoms with van der Waals surface area (Å²) in [5.41, 5.74) is -0.120. The van der Waals surface area contributed by atoms with Gasteiger partial charge in [0.15, 0.2) is 0 Å². The molecule has 0 aromatic carbocycles. The predicted molar refractivity (Wildman–Crippen MR) is 67.4 cm³/mol. The number of halogens is 4. The van der Waals surface area contributed by atoms with Crippen LogP contribution < -0.4 is 0 Å². The van der Waals surface area contributed by atoms with Crippen LogP contribution in [0.5, 0.6) is 0 Å². The number of rotatable bonds is 4. The van der Waals surface area contributed by atoms with Gasteiger partial charge >= 0.3 is 5.97 Å². The Morgan fingerprint density at radius 3 is 2.76 bits per heavy atom. The summed E-state index contributed by atoms with van der Waals surface area (Å²) in [4.78, 5) is 15.2. The Labute approximate surface area is 116 Å². The number of nitrogens with zero attached hydrogens (tertiary/aromatic N) is 1. The quantitative estimate of drug-likeness (QED) is 0.459. The fourth-order valence-electron chi connectivity index (χ4n) is 1.18. The lowest BCUT2D eigenvalue weighted by Crippen LogP contribution is -2.11. The summed E-state index contributed by atoms with van der Waals surface area (Å²) < 4.78 is 30.2. The molecule has 0 N–H and O–H groups in total. The molecular weight excluding hydrogens is 366 g/mol. The van der Waals surface area contributed by atoms with Crippen molar-refractivity contribution in [3.8, 4) is 0 Å². The molecule has 3 nitrogen and oxygen atoms in total. The van der Waals surface area contributed by atoms with Gasteiger partial charge in [0.1, 0.15) is 5.69 Å². The molecule has 1 rings (SSSR count). The van der Waals surface area contributed by atoms with Crippen LogP contribution in [0.1, 0.15) is 35.1 Å². The monoisotopic (exact) mass is 375 g/mol. The van der Waals surface area contributed by atoms with Gasteiger partial charge < -0.3 is 4.74 Å². The number of alkyl halides is 3. The van der Waals surface area contributed by atoms with Gasteiger partial charge in [-0.05, 0) is 35.6 Å². The summed E-state index contributed by atoms with van der Waals surface area (Å²) in [5, 5.41) is 0. The van der Waals surface area contributed by atoms with Crippen LogP contribution >= 0.6 is 34.2 Å². The van der Waals surface area contributed by atoms with E-state index in [9.17, 15) is 13.6 Å². The molecule has 0 atom stereocenters. The Bertz CT molecular complexity index is 429. The Hall–Kier alpha value is -0.500. The minimum absolute atomic E-state index is 0.112. The Balaban J connectivity index is 3.23. The first kappa shape index (κ1) is 14.6.